The van der Waals surface area contributed by atoms with Gasteiger partial charge in [0.25, 0.3) is 0 Å². The summed E-state index contributed by atoms with van der Waals surface area (Å²) in [5.74, 6) is 0. The van der Waals surface area contributed by atoms with E-state index in [4.69, 9.17) is 4.52 Å². The Kier molecular flexibility index (Phi) is 4.40. The predicted molar refractivity (Wildman–Crippen MR) is 51.8 cm³/mol. The zero-order valence-corrected chi connectivity index (χ0v) is 9.06. The van der Waals surface area contributed by atoms with Crippen LogP contribution in [-0.4, -0.2) is 12.8 Å². The van der Waals surface area contributed by atoms with E-state index in [9.17, 15) is 8.76 Å². The lowest BCUT2D eigenvalue weighted by Crippen LogP contribution is -2.12. The zero-order valence-electron chi connectivity index (χ0n) is 8.17. The fraction of sp³-hybridized carbons (Fsp3) is 1.00. The summed E-state index contributed by atoms with van der Waals surface area (Å²) in [7, 11) is -3.77. The van der Waals surface area contributed by atoms with Crippen LogP contribution in [-0.2, 0) is 9.09 Å². The van der Waals surface area contributed by atoms with Crippen LogP contribution in [0.25, 0.3) is 0 Å². The Labute approximate surface area is 79.4 Å². The van der Waals surface area contributed by atoms with Crippen molar-refractivity contribution in [2.75, 3.05) is 6.66 Å². The van der Waals surface area contributed by atoms with Crippen molar-refractivity contribution in [2.24, 2.45) is 0 Å². The second-order valence-electron chi connectivity index (χ2n) is 3.82. The Morgan fingerprint density at radius 1 is 1.15 bits per heavy atom. The molecule has 1 atom stereocenters. The molecule has 13 heavy (non-hydrogen) atoms. The molecule has 0 N–H and O–H groups in total. The molecule has 1 saturated carbocycles. The standard InChI is InChI=1S/C9H18FO2P/c1-13(10,11)12-9-7-5-3-2-4-6-8-9/h9H,2-8H2,1H3. The van der Waals surface area contributed by atoms with Crippen molar-refractivity contribution in [3.8, 4) is 0 Å². The second kappa shape index (κ2) is 5.11. The van der Waals surface area contributed by atoms with Gasteiger partial charge in [-0.05, 0) is 12.8 Å². The Balaban J connectivity index is 2.33. The van der Waals surface area contributed by atoms with Gasteiger partial charge in [-0.1, -0.05) is 32.1 Å². The normalized spacial score (nSPS) is 26.0. The van der Waals surface area contributed by atoms with Gasteiger partial charge in [0.05, 0.1) is 6.10 Å². The molecule has 1 rings (SSSR count). The second-order valence-corrected chi connectivity index (χ2v) is 5.52. The number of hydrogen-bond donors (Lipinski definition) is 0. The van der Waals surface area contributed by atoms with Crippen molar-refractivity contribution < 1.29 is 13.3 Å². The maximum absolute atomic E-state index is 12.7. The fourth-order valence-electron chi connectivity index (χ4n) is 1.79. The van der Waals surface area contributed by atoms with Crippen LogP contribution < -0.4 is 0 Å². The molecule has 0 aromatic heterocycles. The first-order valence-corrected chi connectivity index (χ1v) is 7.00. The first-order chi connectivity index (χ1) is 6.08. The summed E-state index contributed by atoms with van der Waals surface area (Å²) in [6.45, 7) is 1.05. The third-order valence-electron chi connectivity index (χ3n) is 2.39. The highest BCUT2D eigenvalue weighted by atomic mass is 31.2. The van der Waals surface area contributed by atoms with Crippen LogP contribution in [0.4, 0.5) is 4.20 Å². The third-order valence-corrected chi connectivity index (χ3v) is 3.06. The minimum atomic E-state index is -3.77. The summed E-state index contributed by atoms with van der Waals surface area (Å²) in [4.78, 5) is 0. The molecule has 0 heterocycles. The van der Waals surface area contributed by atoms with Gasteiger partial charge in [0.15, 0.2) is 0 Å². The zero-order chi connectivity index (χ0) is 9.73. The molecule has 0 aromatic rings. The maximum atomic E-state index is 12.7. The van der Waals surface area contributed by atoms with Crippen LogP contribution in [0.1, 0.15) is 44.9 Å². The smallest absolute Gasteiger partial charge is 0.302 e. The van der Waals surface area contributed by atoms with Gasteiger partial charge in [-0.2, -0.15) is 4.20 Å². The Morgan fingerprint density at radius 2 is 1.62 bits per heavy atom. The first-order valence-electron chi connectivity index (χ1n) is 5.03. The number of rotatable bonds is 2. The van der Waals surface area contributed by atoms with E-state index in [2.05, 4.69) is 0 Å². The van der Waals surface area contributed by atoms with Crippen molar-refractivity contribution in [3.63, 3.8) is 0 Å². The van der Waals surface area contributed by atoms with Crippen LogP contribution in [0.2, 0.25) is 0 Å². The molecule has 0 aliphatic heterocycles. The van der Waals surface area contributed by atoms with Crippen molar-refractivity contribution in [1.29, 1.82) is 0 Å². The molecule has 2 nitrogen and oxygen atoms in total. The highest BCUT2D eigenvalue weighted by Gasteiger charge is 2.21. The molecule has 0 aromatic carbocycles. The van der Waals surface area contributed by atoms with E-state index in [0.29, 0.717) is 0 Å². The van der Waals surface area contributed by atoms with E-state index in [-0.39, 0.29) is 6.10 Å². The molecule has 0 radical (unpaired) electrons. The van der Waals surface area contributed by atoms with Gasteiger partial charge >= 0.3 is 7.68 Å². The third kappa shape index (κ3) is 5.43. The van der Waals surface area contributed by atoms with Crippen LogP contribution in [0.15, 0.2) is 0 Å². The maximum Gasteiger partial charge on any atom is 0.364 e. The lowest BCUT2D eigenvalue weighted by molar-refractivity contribution is 0.159. The van der Waals surface area contributed by atoms with E-state index in [1.165, 1.54) is 19.3 Å². The average Bonchev–Trinajstić information content (AvgIpc) is 1.92. The van der Waals surface area contributed by atoms with Gasteiger partial charge in [-0.15, -0.1) is 0 Å². The van der Waals surface area contributed by atoms with Gasteiger partial charge in [-0.3, -0.25) is 4.57 Å². The fourth-order valence-corrected chi connectivity index (χ4v) is 2.53. The molecular formula is C9H18FO2P. The Hall–Kier alpha value is 0.120. The van der Waals surface area contributed by atoms with Gasteiger partial charge in [0.2, 0.25) is 0 Å². The monoisotopic (exact) mass is 208 g/mol. The van der Waals surface area contributed by atoms with E-state index in [1.54, 1.807) is 0 Å². The molecule has 78 valence electrons. The molecule has 0 spiro atoms. The topological polar surface area (TPSA) is 26.3 Å². The molecule has 1 aliphatic carbocycles. The highest BCUT2D eigenvalue weighted by Crippen LogP contribution is 2.46. The van der Waals surface area contributed by atoms with Crippen molar-refractivity contribution in [3.05, 3.63) is 0 Å². The molecule has 1 aliphatic rings. The Bertz CT molecular complexity index is 182. The molecule has 0 amide bonds. The SMILES string of the molecule is CP(=O)(F)OC1CCCCCCC1. The van der Waals surface area contributed by atoms with Crippen LogP contribution in [0.5, 0.6) is 0 Å². The van der Waals surface area contributed by atoms with Crippen LogP contribution >= 0.6 is 7.68 Å². The Morgan fingerprint density at radius 3 is 2.08 bits per heavy atom. The summed E-state index contributed by atoms with van der Waals surface area (Å²) in [6, 6.07) is 0. The van der Waals surface area contributed by atoms with Crippen molar-refractivity contribution >= 4 is 7.68 Å². The summed E-state index contributed by atoms with van der Waals surface area (Å²) < 4.78 is 28.4. The molecular weight excluding hydrogens is 190 g/mol. The number of hydrogen-bond acceptors (Lipinski definition) is 2. The number of halogens is 1. The van der Waals surface area contributed by atoms with Gasteiger partial charge in [0.1, 0.15) is 0 Å². The predicted octanol–water partition coefficient (Wildman–Crippen LogP) is 3.91. The van der Waals surface area contributed by atoms with Crippen molar-refractivity contribution in [1.82, 2.24) is 0 Å². The van der Waals surface area contributed by atoms with Gasteiger partial charge < -0.3 is 4.52 Å². The van der Waals surface area contributed by atoms with Gasteiger partial charge in [0, 0.05) is 6.66 Å². The summed E-state index contributed by atoms with van der Waals surface area (Å²) in [5.41, 5.74) is 0. The summed E-state index contributed by atoms with van der Waals surface area (Å²) >= 11 is 0. The molecule has 1 fully saturated rings. The minimum Gasteiger partial charge on any atom is -0.302 e. The largest absolute Gasteiger partial charge is 0.364 e. The molecule has 0 saturated heterocycles. The molecule has 4 heteroatoms. The lowest BCUT2D eigenvalue weighted by atomic mass is 9.99. The van der Waals surface area contributed by atoms with Gasteiger partial charge in [-0.25, -0.2) is 0 Å². The van der Waals surface area contributed by atoms with E-state index in [0.717, 1.165) is 32.3 Å². The van der Waals surface area contributed by atoms with E-state index >= 15 is 0 Å². The average molecular weight is 208 g/mol. The minimum absolute atomic E-state index is 0.110. The first kappa shape index (κ1) is 11.2. The van der Waals surface area contributed by atoms with Crippen LogP contribution in [0.3, 0.4) is 0 Å². The molecule has 1 unspecified atom stereocenters. The summed E-state index contributed by atoms with van der Waals surface area (Å²) in [5, 5.41) is 0. The summed E-state index contributed by atoms with van der Waals surface area (Å²) in [6.07, 6.45) is 7.42. The highest BCUT2D eigenvalue weighted by molar-refractivity contribution is 7.52. The molecule has 0 bridgehead atoms. The van der Waals surface area contributed by atoms with E-state index in [1.807, 2.05) is 0 Å². The lowest BCUT2D eigenvalue weighted by Gasteiger charge is -2.20. The quantitative estimate of drug-likeness (QED) is 0.643. The van der Waals surface area contributed by atoms with Crippen molar-refractivity contribution in [2.45, 2.75) is 51.0 Å². The van der Waals surface area contributed by atoms with Crippen LogP contribution in [0, 0.1) is 0 Å². The van der Waals surface area contributed by atoms with E-state index < -0.39 is 7.68 Å².